The van der Waals surface area contributed by atoms with Crippen molar-refractivity contribution in [2.75, 3.05) is 14.2 Å². The molecule has 0 aromatic heterocycles. The van der Waals surface area contributed by atoms with Gasteiger partial charge in [0, 0.05) is 11.1 Å². The number of fused-ring (bicyclic) bond motifs is 4. The van der Waals surface area contributed by atoms with Gasteiger partial charge in [-0.05, 0) is 58.7 Å². The Balaban J connectivity index is 1.62. The molecule has 0 N–H and O–H groups in total. The fraction of sp³-hybridized carbons (Fsp3) is 0.103. The van der Waals surface area contributed by atoms with Gasteiger partial charge in [-0.15, -0.1) is 0 Å². The normalized spacial score (nSPS) is 14.9. The second-order valence-electron chi connectivity index (χ2n) is 8.05. The lowest BCUT2D eigenvalue weighted by molar-refractivity contribution is 0.414. The van der Waals surface area contributed by atoms with Crippen LogP contribution in [0.15, 0.2) is 97.1 Å². The van der Waals surface area contributed by atoms with Gasteiger partial charge in [0.2, 0.25) is 0 Å². The Morgan fingerprint density at radius 2 is 0.938 bits per heavy atom. The summed E-state index contributed by atoms with van der Waals surface area (Å²) in [5, 5.41) is 0. The molecule has 0 saturated heterocycles. The molecule has 156 valence electrons. The first kappa shape index (κ1) is 18.8. The Labute approximate surface area is 187 Å². The first-order valence-electron chi connectivity index (χ1n) is 10.7. The number of rotatable bonds is 4. The second kappa shape index (κ2) is 7.03. The molecule has 0 amide bonds. The molecule has 1 spiro atoms. The highest BCUT2D eigenvalue weighted by Crippen LogP contribution is 2.72. The van der Waals surface area contributed by atoms with Crippen LogP contribution in [0.4, 0.5) is 0 Å². The molecule has 0 saturated carbocycles. The Bertz CT molecular complexity index is 1240. The first-order chi connectivity index (χ1) is 15.8. The number of allylic oxidation sites excluding steroid dienone is 2. The van der Waals surface area contributed by atoms with Crippen LogP contribution in [0.1, 0.15) is 22.3 Å². The zero-order chi connectivity index (χ0) is 21.7. The summed E-state index contributed by atoms with van der Waals surface area (Å²) in [6, 6.07) is 33.4. The Hall–Kier alpha value is -3.98. The van der Waals surface area contributed by atoms with E-state index in [2.05, 4.69) is 60.7 Å². The van der Waals surface area contributed by atoms with Crippen LogP contribution >= 0.6 is 0 Å². The van der Waals surface area contributed by atoms with Crippen molar-refractivity contribution in [2.45, 2.75) is 5.41 Å². The molecule has 32 heavy (non-hydrogen) atoms. The van der Waals surface area contributed by atoms with E-state index in [4.69, 9.17) is 14.2 Å². The minimum Gasteiger partial charge on any atom is -0.497 e. The predicted octanol–water partition coefficient (Wildman–Crippen LogP) is 6.72. The van der Waals surface area contributed by atoms with Gasteiger partial charge < -0.3 is 14.2 Å². The highest BCUT2D eigenvalue weighted by molar-refractivity contribution is 6.23. The van der Waals surface area contributed by atoms with E-state index in [9.17, 15) is 0 Å². The molecule has 3 nitrogen and oxygen atoms in total. The Morgan fingerprint density at radius 1 is 0.531 bits per heavy atom. The summed E-state index contributed by atoms with van der Waals surface area (Å²) in [6.07, 6.45) is 0. The molecular formula is C29H22O3. The summed E-state index contributed by atoms with van der Waals surface area (Å²) in [4.78, 5) is 0. The third kappa shape index (κ3) is 2.54. The Morgan fingerprint density at radius 3 is 1.34 bits per heavy atom. The fourth-order valence-electron chi connectivity index (χ4n) is 5.05. The van der Waals surface area contributed by atoms with Gasteiger partial charge in [-0.25, -0.2) is 0 Å². The van der Waals surface area contributed by atoms with Crippen molar-refractivity contribution in [1.29, 1.82) is 0 Å². The van der Waals surface area contributed by atoms with Gasteiger partial charge in [-0.2, -0.15) is 0 Å². The smallest absolute Gasteiger partial charge is 0.132 e. The highest BCUT2D eigenvalue weighted by atomic mass is 16.5. The minimum absolute atomic E-state index is 0.353. The van der Waals surface area contributed by atoms with Crippen molar-refractivity contribution in [3.8, 4) is 23.0 Å². The third-order valence-electron chi connectivity index (χ3n) is 6.50. The monoisotopic (exact) mass is 418 g/mol. The number of benzene rings is 4. The van der Waals surface area contributed by atoms with Crippen molar-refractivity contribution in [1.82, 2.24) is 0 Å². The first-order valence-corrected chi connectivity index (χ1v) is 10.7. The molecule has 0 unspecified atom stereocenters. The highest BCUT2D eigenvalue weighted by Gasteiger charge is 2.60. The molecule has 0 radical (unpaired) electrons. The lowest BCUT2D eigenvalue weighted by Gasteiger charge is -2.31. The van der Waals surface area contributed by atoms with E-state index in [-0.39, 0.29) is 5.41 Å². The van der Waals surface area contributed by atoms with Crippen molar-refractivity contribution < 1.29 is 14.2 Å². The van der Waals surface area contributed by atoms with Crippen molar-refractivity contribution in [3.63, 3.8) is 0 Å². The lowest BCUT2D eigenvalue weighted by atomic mass is 9.76. The summed E-state index contributed by atoms with van der Waals surface area (Å²) < 4.78 is 17.1. The van der Waals surface area contributed by atoms with Crippen LogP contribution in [-0.4, -0.2) is 14.2 Å². The number of para-hydroxylation sites is 2. The van der Waals surface area contributed by atoms with E-state index in [1.54, 1.807) is 14.2 Å². The maximum Gasteiger partial charge on any atom is 0.132 e. The van der Waals surface area contributed by atoms with Gasteiger partial charge in [-0.1, -0.05) is 60.7 Å². The van der Waals surface area contributed by atoms with Gasteiger partial charge in [-0.3, -0.25) is 0 Å². The fourth-order valence-corrected chi connectivity index (χ4v) is 5.05. The summed E-state index contributed by atoms with van der Waals surface area (Å²) in [5.74, 6) is 3.51. The third-order valence-corrected chi connectivity index (χ3v) is 6.50. The molecule has 1 heterocycles. The molecular weight excluding hydrogens is 396 g/mol. The average Bonchev–Trinajstić information content (AvgIpc) is 3.54. The summed E-state index contributed by atoms with van der Waals surface area (Å²) >= 11 is 0. The quantitative estimate of drug-likeness (QED) is 0.368. The summed E-state index contributed by atoms with van der Waals surface area (Å²) in [5.41, 5.74) is 6.97. The van der Waals surface area contributed by atoms with Crippen LogP contribution in [0, 0.1) is 0 Å². The second-order valence-corrected chi connectivity index (χ2v) is 8.05. The van der Waals surface area contributed by atoms with E-state index in [0.29, 0.717) is 0 Å². The van der Waals surface area contributed by atoms with Crippen molar-refractivity contribution >= 4 is 11.1 Å². The van der Waals surface area contributed by atoms with Crippen LogP contribution in [-0.2, 0) is 5.41 Å². The molecule has 4 aromatic carbocycles. The lowest BCUT2D eigenvalue weighted by Crippen LogP contribution is -2.21. The number of hydrogen-bond acceptors (Lipinski definition) is 3. The van der Waals surface area contributed by atoms with Gasteiger partial charge in [0.05, 0.1) is 19.6 Å². The molecule has 0 atom stereocenters. The maximum atomic E-state index is 6.33. The molecule has 0 fully saturated rings. The molecule has 1 aliphatic heterocycles. The number of ether oxygens (including phenoxy) is 3. The largest absolute Gasteiger partial charge is 0.497 e. The van der Waals surface area contributed by atoms with Crippen LogP contribution in [0.25, 0.3) is 11.1 Å². The van der Waals surface area contributed by atoms with Crippen LogP contribution in [0.2, 0.25) is 0 Å². The molecule has 3 heteroatoms. The van der Waals surface area contributed by atoms with Gasteiger partial charge in [0.15, 0.2) is 0 Å². The zero-order valence-corrected chi connectivity index (χ0v) is 18.0. The average molecular weight is 418 g/mol. The van der Waals surface area contributed by atoms with E-state index in [1.165, 1.54) is 33.4 Å². The summed E-state index contributed by atoms with van der Waals surface area (Å²) in [7, 11) is 3.39. The van der Waals surface area contributed by atoms with Gasteiger partial charge in [0.1, 0.15) is 23.0 Å². The molecule has 4 aromatic rings. The standard InChI is InChI=1S/C29H22O3/c1-30-21-15-11-19(12-16-21)27-28(20-13-17-22(31-2)18-14-20)29(27)23-7-3-5-9-25(23)32-26-10-6-4-8-24(26)29/h3-18H,1-2H3. The van der Waals surface area contributed by atoms with E-state index < -0.39 is 0 Å². The van der Waals surface area contributed by atoms with Crippen LogP contribution in [0.3, 0.4) is 0 Å². The van der Waals surface area contributed by atoms with Gasteiger partial charge >= 0.3 is 0 Å². The SMILES string of the molecule is COc1ccc(C2=C(c3ccc(OC)cc3)C23c2ccccc2Oc2ccccc23)cc1. The topological polar surface area (TPSA) is 27.7 Å². The molecule has 6 rings (SSSR count). The zero-order valence-electron chi connectivity index (χ0n) is 18.0. The number of methoxy groups -OCH3 is 2. The molecule has 0 bridgehead atoms. The molecule has 2 aliphatic rings. The van der Waals surface area contributed by atoms with Crippen molar-refractivity contribution in [3.05, 3.63) is 119 Å². The predicted molar refractivity (Wildman–Crippen MR) is 127 cm³/mol. The van der Waals surface area contributed by atoms with Gasteiger partial charge in [0.25, 0.3) is 0 Å². The van der Waals surface area contributed by atoms with Crippen LogP contribution in [0.5, 0.6) is 23.0 Å². The van der Waals surface area contributed by atoms with E-state index in [0.717, 1.165) is 23.0 Å². The van der Waals surface area contributed by atoms with Crippen LogP contribution < -0.4 is 14.2 Å². The Kier molecular flexibility index (Phi) is 4.12. The maximum absolute atomic E-state index is 6.33. The van der Waals surface area contributed by atoms with E-state index in [1.807, 2.05) is 36.4 Å². The van der Waals surface area contributed by atoms with E-state index >= 15 is 0 Å². The van der Waals surface area contributed by atoms with Crippen molar-refractivity contribution in [2.24, 2.45) is 0 Å². The molecule has 1 aliphatic carbocycles. The number of hydrogen-bond donors (Lipinski definition) is 0. The minimum atomic E-state index is -0.353. The summed E-state index contributed by atoms with van der Waals surface area (Å²) in [6.45, 7) is 0.